The molecule has 1 heterocycles. The average Bonchev–Trinajstić information content (AvgIpc) is 2.78. The van der Waals surface area contributed by atoms with Crippen molar-refractivity contribution in [3.05, 3.63) is 53.9 Å². The first-order valence-corrected chi connectivity index (χ1v) is 5.04. The van der Waals surface area contributed by atoms with Crippen molar-refractivity contribution in [1.82, 2.24) is 4.98 Å². The van der Waals surface area contributed by atoms with Crippen LogP contribution in [0.2, 0.25) is 0 Å². The number of carbonyl (C=O) groups excluding carboxylic acids is 1. The Morgan fingerprint density at radius 3 is 2.71 bits per heavy atom. The molecular formula is C13H11NO3. The van der Waals surface area contributed by atoms with Gasteiger partial charge in [0, 0.05) is 18.0 Å². The molecule has 3 N–H and O–H groups in total. The largest absolute Gasteiger partial charge is 0.508 e. The van der Waals surface area contributed by atoms with E-state index in [1.165, 1.54) is 18.2 Å². The second-order valence-electron chi connectivity index (χ2n) is 3.52. The highest BCUT2D eigenvalue weighted by Crippen LogP contribution is 2.23. The van der Waals surface area contributed by atoms with Gasteiger partial charge in [-0.1, -0.05) is 0 Å². The number of aromatic amines is 1. The van der Waals surface area contributed by atoms with Crippen LogP contribution in [0.3, 0.4) is 0 Å². The van der Waals surface area contributed by atoms with Crippen LogP contribution in [0.25, 0.3) is 6.08 Å². The molecule has 17 heavy (non-hydrogen) atoms. The highest BCUT2D eigenvalue weighted by molar-refractivity contribution is 6.08. The topological polar surface area (TPSA) is 73.3 Å². The van der Waals surface area contributed by atoms with Gasteiger partial charge in [-0.2, -0.15) is 0 Å². The number of nitrogens with one attached hydrogen (secondary N) is 1. The third-order valence-corrected chi connectivity index (χ3v) is 2.28. The van der Waals surface area contributed by atoms with E-state index in [0.717, 1.165) is 11.8 Å². The molecule has 1 aromatic heterocycles. The first-order chi connectivity index (χ1) is 8.16. The molecule has 86 valence electrons. The SMILES string of the molecule is O=C(/C=C/c1ccc[nH]1)c1ccc(O)cc1O. The van der Waals surface area contributed by atoms with Crippen molar-refractivity contribution in [3.63, 3.8) is 0 Å². The van der Waals surface area contributed by atoms with E-state index >= 15 is 0 Å². The Balaban J connectivity index is 2.20. The summed E-state index contributed by atoms with van der Waals surface area (Å²) in [7, 11) is 0. The minimum absolute atomic E-state index is 0.0765. The fraction of sp³-hybridized carbons (Fsp3) is 0. The molecule has 0 atom stereocenters. The maximum Gasteiger partial charge on any atom is 0.189 e. The Hall–Kier alpha value is -2.49. The number of aromatic nitrogens is 1. The first-order valence-electron chi connectivity index (χ1n) is 5.04. The van der Waals surface area contributed by atoms with Gasteiger partial charge in [0.15, 0.2) is 5.78 Å². The Kier molecular flexibility index (Phi) is 2.96. The molecule has 0 saturated heterocycles. The van der Waals surface area contributed by atoms with Crippen LogP contribution in [0, 0.1) is 0 Å². The van der Waals surface area contributed by atoms with Crippen molar-refractivity contribution in [3.8, 4) is 11.5 Å². The van der Waals surface area contributed by atoms with E-state index in [1.807, 2.05) is 12.1 Å². The lowest BCUT2D eigenvalue weighted by Gasteiger charge is -2.00. The number of hydrogen-bond acceptors (Lipinski definition) is 3. The summed E-state index contributed by atoms with van der Waals surface area (Å²) in [5.41, 5.74) is 0.960. The van der Waals surface area contributed by atoms with Gasteiger partial charge in [0.1, 0.15) is 11.5 Å². The number of rotatable bonds is 3. The molecule has 0 radical (unpaired) electrons. The van der Waals surface area contributed by atoms with E-state index in [2.05, 4.69) is 4.98 Å². The summed E-state index contributed by atoms with van der Waals surface area (Å²) < 4.78 is 0. The van der Waals surface area contributed by atoms with Gasteiger partial charge < -0.3 is 15.2 Å². The van der Waals surface area contributed by atoms with E-state index in [1.54, 1.807) is 12.3 Å². The average molecular weight is 229 g/mol. The van der Waals surface area contributed by atoms with Crippen LogP contribution in [-0.2, 0) is 0 Å². The first kappa shape index (κ1) is 11.0. The molecule has 0 aliphatic rings. The van der Waals surface area contributed by atoms with Gasteiger partial charge in [0.05, 0.1) is 5.56 Å². The lowest BCUT2D eigenvalue weighted by molar-refractivity contribution is 0.104. The summed E-state index contributed by atoms with van der Waals surface area (Å²) in [6, 6.07) is 7.51. The van der Waals surface area contributed by atoms with Gasteiger partial charge >= 0.3 is 0 Å². The summed E-state index contributed by atoms with van der Waals surface area (Å²) >= 11 is 0. The van der Waals surface area contributed by atoms with Crippen LogP contribution < -0.4 is 0 Å². The number of hydrogen-bond donors (Lipinski definition) is 3. The molecule has 0 bridgehead atoms. The van der Waals surface area contributed by atoms with Crippen molar-refractivity contribution in [1.29, 1.82) is 0 Å². The number of benzene rings is 1. The summed E-state index contributed by atoms with van der Waals surface area (Å²) in [4.78, 5) is 14.7. The molecule has 0 amide bonds. The molecule has 0 fully saturated rings. The molecule has 0 saturated carbocycles. The van der Waals surface area contributed by atoms with E-state index in [-0.39, 0.29) is 22.8 Å². The third-order valence-electron chi connectivity index (χ3n) is 2.28. The van der Waals surface area contributed by atoms with Crippen molar-refractivity contribution in [2.45, 2.75) is 0 Å². The maximum atomic E-state index is 11.7. The van der Waals surface area contributed by atoms with Gasteiger partial charge in [-0.15, -0.1) is 0 Å². The molecule has 0 aliphatic heterocycles. The van der Waals surface area contributed by atoms with Crippen LogP contribution in [0.4, 0.5) is 0 Å². The summed E-state index contributed by atoms with van der Waals surface area (Å²) in [5.74, 6) is -0.629. The lowest BCUT2D eigenvalue weighted by Crippen LogP contribution is -1.94. The number of phenols is 2. The Morgan fingerprint density at radius 1 is 1.24 bits per heavy atom. The number of aromatic hydroxyl groups is 2. The van der Waals surface area contributed by atoms with Crippen LogP contribution in [0.5, 0.6) is 11.5 Å². The van der Waals surface area contributed by atoms with Crippen molar-refractivity contribution >= 4 is 11.9 Å². The number of phenolic OH excluding ortho intramolecular Hbond substituents is 2. The van der Waals surface area contributed by atoms with Crippen LogP contribution >= 0.6 is 0 Å². The molecule has 0 spiro atoms. The predicted molar refractivity (Wildman–Crippen MR) is 63.9 cm³/mol. The van der Waals surface area contributed by atoms with Gasteiger partial charge in [0.2, 0.25) is 0 Å². The lowest BCUT2D eigenvalue weighted by atomic mass is 10.1. The Bertz CT molecular complexity index is 556. The highest BCUT2D eigenvalue weighted by atomic mass is 16.3. The minimum atomic E-state index is -0.322. The second kappa shape index (κ2) is 4.57. The van der Waals surface area contributed by atoms with E-state index in [0.29, 0.717) is 0 Å². The molecule has 4 heteroatoms. The van der Waals surface area contributed by atoms with Crippen LogP contribution in [0.15, 0.2) is 42.6 Å². The number of allylic oxidation sites excluding steroid dienone is 1. The summed E-state index contributed by atoms with van der Waals surface area (Å²) in [5, 5.41) is 18.6. The second-order valence-corrected chi connectivity index (χ2v) is 3.52. The normalized spacial score (nSPS) is 10.8. The van der Waals surface area contributed by atoms with Crippen LogP contribution in [-0.4, -0.2) is 21.0 Å². The number of ketones is 1. The molecule has 0 unspecified atom stereocenters. The van der Waals surface area contributed by atoms with Gasteiger partial charge in [-0.05, 0) is 36.4 Å². The number of carbonyl (C=O) groups is 1. The molecular weight excluding hydrogens is 218 g/mol. The predicted octanol–water partition coefficient (Wildman–Crippen LogP) is 2.32. The fourth-order valence-electron chi connectivity index (χ4n) is 1.43. The zero-order valence-electron chi connectivity index (χ0n) is 8.92. The quantitative estimate of drug-likeness (QED) is 0.558. The van der Waals surface area contributed by atoms with Crippen molar-refractivity contribution in [2.75, 3.05) is 0 Å². The summed E-state index contributed by atoms with van der Waals surface area (Å²) in [6.45, 7) is 0. The third kappa shape index (κ3) is 2.55. The van der Waals surface area contributed by atoms with Gasteiger partial charge in [0.25, 0.3) is 0 Å². The van der Waals surface area contributed by atoms with E-state index < -0.39 is 0 Å². The maximum absolute atomic E-state index is 11.7. The molecule has 0 aliphatic carbocycles. The van der Waals surface area contributed by atoms with E-state index in [9.17, 15) is 9.90 Å². The van der Waals surface area contributed by atoms with Gasteiger partial charge in [-0.3, -0.25) is 4.79 Å². The minimum Gasteiger partial charge on any atom is -0.508 e. The Labute approximate surface area is 97.9 Å². The highest BCUT2D eigenvalue weighted by Gasteiger charge is 2.08. The van der Waals surface area contributed by atoms with Crippen molar-refractivity contribution in [2.24, 2.45) is 0 Å². The zero-order chi connectivity index (χ0) is 12.3. The standard InChI is InChI=1S/C13H11NO3/c15-10-4-5-11(13(17)8-10)12(16)6-3-9-2-1-7-14-9/h1-8,14-15,17H/b6-3+. The van der Waals surface area contributed by atoms with Crippen molar-refractivity contribution < 1.29 is 15.0 Å². The fourth-order valence-corrected chi connectivity index (χ4v) is 1.43. The smallest absolute Gasteiger partial charge is 0.189 e. The molecule has 4 nitrogen and oxygen atoms in total. The molecule has 2 aromatic rings. The molecule has 2 rings (SSSR count). The number of H-pyrrole nitrogens is 1. The zero-order valence-corrected chi connectivity index (χ0v) is 8.92. The summed E-state index contributed by atoms with van der Waals surface area (Å²) in [6.07, 6.45) is 4.73. The van der Waals surface area contributed by atoms with E-state index in [4.69, 9.17) is 5.11 Å². The van der Waals surface area contributed by atoms with Gasteiger partial charge in [-0.25, -0.2) is 0 Å². The van der Waals surface area contributed by atoms with Crippen LogP contribution in [0.1, 0.15) is 16.1 Å². The monoisotopic (exact) mass is 229 g/mol. The Morgan fingerprint density at radius 2 is 2.06 bits per heavy atom. The molecule has 1 aromatic carbocycles.